The highest BCUT2D eigenvalue weighted by atomic mass is 16.1. The SMILES string of the molecule is C[C@]12C=CC(=O)C[C@@H]1CC(=O)CC2. The van der Waals surface area contributed by atoms with Gasteiger partial charge in [-0.15, -0.1) is 0 Å². The average molecular weight is 178 g/mol. The number of Topliss-reactive ketones (excluding diaryl/α,β-unsaturated/α-hetero) is 1. The predicted octanol–water partition coefficient (Wildman–Crippen LogP) is 1.89. The number of hydrogen-bond acceptors (Lipinski definition) is 2. The third-order valence-electron chi connectivity index (χ3n) is 3.45. The van der Waals surface area contributed by atoms with Gasteiger partial charge in [0.05, 0.1) is 0 Å². The fourth-order valence-electron chi connectivity index (χ4n) is 2.34. The molecule has 0 N–H and O–H groups in total. The van der Waals surface area contributed by atoms with Crippen LogP contribution < -0.4 is 0 Å². The molecule has 2 atom stereocenters. The summed E-state index contributed by atoms with van der Waals surface area (Å²) >= 11 is 0. The van der Waals surface area contributed by atoms with E-state index in [0.29, 0.717) is 25.0 Å². The van der Waals surface area contributed by atoms with E-state index in [1.54, 1.807) is 6.08 Å². The molecule has 0 unspecified atom stereocenters. The molecule has 1 fully saturated rings. The first-order chi connectivity index (χ1) is 6.10. The Kier molecular flexibility index (Phi) is 1.86. The van der Waals surface area contributed by atoms with E-state index in [-0.39, 0.29) is 17.1 Å². The molecule has 2 heteroatoms. The maximum absolute atomic E-state index is 11.2. The van der Waals surface area contributed by atoms with Gasteiger partial charge in [0.15, 0.2) is 5.78 Å². The monoisotopic (exact) mass is 178 g/mol. The lowest BCUT2D eigenvalue weighted by molar-refractivity contribution is -0.125. The molecule has 0 saturated heterocycles. The first-order valence-electron chi connectivity index (χ1n) is 4.84. The van der Waals surface area contributed by atoms with Gasteiger partial charge in [-0.05, 0) is 23.8 Å². The van der Waals surface area contributed by atoms with Crippen molar-refractivity contribution in [2.75, 3.05) is 0 Å². The van der Waals surface area contributed by atoms with Crippen molar-refractivity contribution in [3.8, 4) is 0 Å². The van der Waals surface area contributed by atoms with Crippen molar-refractivity contribution in [1.29, 1.82) is 0 Å². The maximum atomic E-state index is 11.2. The van der Waals surface area contributed by atoms with Gasteiger partial charge in [0.1, 0.15) is 5.78 Å². The second-order valence-electron chi connectivity index (χ2n) is 4.45. The minimum absolute atomic E-state index is 0.113. The van der Waals surface area contributed by atoms with Gasteiger partial charge in [0.25, 0.3) is 0 Å². The fourth-order valence-corrected chi connectivity index (χ4v) is 2.34. The molecule has 2 nitrogen and oxygen atoms in total. The summed E-state index contributed by atoms with van der Waals surface area (Å²) < 4.78 is 0. The summed E-state index contributed by atoms with van der Waals surface area (Å²) in [6.07, 6.45) is 6.47. The number of fused-ring (bicyclic) bond motifs is 1. The quantitative estimate of drug-likeness (QED) is 0.567. The van der Waals surface area contributed by atoms with Crippen molar-refractivity contribution in [3.05, 3.63) is 12.2 Å². The van der Waals surface area contributed by atoms with E-state index >= 15 is 0 Å². The smallest absolute Gasteiger partial charge is 0.155 e. The Morgan fingerprint density at radius 2 is 2.15 bits per heavy atom. The number of allylic oxidation sites excluding steroid dienone is 2. The van der Waals surface area contributed by atoms with E-state index in [0.717, 1.165) is 6.42 Å². The minimum atomic E-state index is 0.113. The zero-order valence-electron chi connectivity index (χ0n) is 7.88. The summed E-state index contributed by atoms with van der Waals surface area (Å²) in [5.41, 5.74) is 0.113. The highest BCUT2D eigenvalue weighted by molar-refractivity contribution is 5.92. The fraction of sp³-hybridized carbons (Fsp3) is 0.636. The van der Waals surface area contributed by atoms with Crippen LogP contribution in [-0.2, 0) is 9.59 Å². The Balaban J connectivity index is 2.26. The van der Waals surface area contributed by atoms with Crippen LogP contribution >= 0.6 is 0 Å². The zero-order valence-corrected chi connectivity index (χ0v) is 7.88. The predicted molar refractivity (Wildman–Crippen MR) is 49.2 cm³/mol. The van der Waals surface area contributed by atoms with Gasteiger partial charge < -0.3 is 0 Å². The van der Waals surface area contributed by atoms with E-state index in [1.807, 2.05) is 6.08 Å². The van der Waals surface area contributed by atoms with Gasteiger partial charge in [0, 0.05) is 19.3 Å². The Bertz CT molecular complexity index is 290. The lowest BCUT2D eigenvalue weighted by atomic mass is 9.63. The summed E-state index contributed by atoms with van der Waals surface area (Å²) in [6.45, 7) is 2.16. The Morgan fingerprint density at radius 3 is 2.92 bits per heavy atom. The second kappa shape index (κ2) is 2.79. The molecule has 0 aromatic heterocycles. The number of ketones is 2. The standard InChI is InChI=1S/C11H14O2/c1-11-4-2-9(12)6-8(11)7-10(13)3-5-11/h2,4,8H,3,5-7H2,1H3/t8-,11-/m1/s1. The van der Waals surface area contributed by atoms with E-state index in [9.17, 15) is 9.59 Å². The average Bonchev–Trinajstić information content (AvgIpc) is 2.08. The van der Waals surface area contributed by atoms with Crippen LogP contribution in [0.25, 0.3) is 0 Å². The molecular weight excluding hydrogens is 164 g/mol. The minimum Gasteiger partial charge on any atom is -0.300 e. The van der Waals surface area contributed by atoms with Gasteiger partial charge in [-0.25, -0.2) is 0 Å². The topological polar surface area (TPSA) is 34.1 Å². The van der Waals surface area contributed by atoms with Crippen LogP contribution in [0, 0.1) is 11.3 Å². The van der Waals surface area contributed by atoms with E-state index in [2.05, 4.69) is 6.92 Å². The molecule has 0 aromatic carbocycles. The van der Waals surface area contributed by atoms with Crippen molar-refractivity contribution in [3.63, 3.8) is 0 Å². The van der Waals surface area contributed by atoms with Crippen molar-refractivity contribution < 1.29 is 9.59 Å². The molecule has 2 aliphatic rings. The number of hydrogen-bond donors (Lipinski definition) is 0. The van der Waals surface area contributed by atoms with Crippen LogP contribution in [0.1, 0.15) is 32.6 Å². The lowest BCUT2D eigenvalue weighted by Gasteiger charge is -2.40. The maximum Gasteiger partial charge on any atom is 0.155 e. The Labute approximate surface area is 78.0 Å². The van der Waals surface area contributed by atoms with Crippen LogP contribution in [0.3, 0.4) is 0 Å². The molecule has 0 radical (unpaired) electrons. The van der Waals surface area contributed by atoms with Crippen molar-refractivity contribution in [2.24, 2.45) is 11.3 Å². The number of carbonyl (C=O) groups excluding carboxylic acids is 2. The molecule has 0 heterocycles. The van der Waals surface area contributed by atoms with Crippen LogP contribution in [0.5, 0.6) is 0 Å². The van der Waals surface area contributed by atoms with Crippen LogP contribution in [0.15, 0.2) is 12.2 Å². The number of rotatable bonds is 0. The third-order valence-corrected chi connectivity index (χ3v) is 3.45. The molecule has 13 heavy (non-hydrogen) atoms. The van der Waals surface area contributed by atoms with Crippen LogP contribution in [-0.4, -0.2) is 11.6 Å². The van der Waals surface area contributed by atoms with E-state index in [1.165, 1.54) is 0 Å². The van der Waals surface area contributed by atoms with Crippen molar-refractivity contribution in [1.82, 2.24) is 0 Å². The summed E-state index contributed by atoms with van der Waals surface area (Å²) in [5, 5.41) is 0. The van der Waals surface area contributed by atoms with Crippen LogP contribution in [0.4, 0.5) is 0 Å². The molecular formula is C11H14O2. The van der Waals surface area contributed by atoms with Crippen molar-refractivity contribution in [2.45, 2.75) is 32.6 Å². The van der Waals surface area contributed by atoms with E-state index < -0.39 is 0 Å². The highest BCUT2D eigenvalue weighted by Gasteiger charge is 2.40. The molecule has 0 bridgehead atoms. The molecule has 0 aromatic rings. The van der Waals surface area contributed by atoms with Gasteiger partial charge >= 0.3 is 0 Å². The third kappa shape index (κ3) is 1.45. The summed E-state index contributed by atoms with van der Waals surface area (Å²) in [4.78, 5) is 22.4. The molecule has 0 amide bonds. The number of carbonyl (C=O) groups is 2. The zero-order chi connectivity index (χ0) is 9.47. The van der Waals surface area contributed by atoms with Crippen LogP contribution in [0.2, 0.25) is 0 Å². The van der Waals surface area contributed by atoms with E-state index in [4.69, 9.17) is 0 Å². The molecule has 70 valence electrons. The van der Waals surface area contributed by atoms with Gasteiger partial charge in [-0.1, -0.05) is 13.0 Å². The first-order valence-corrected chi connectivity index (χ1v) is 4.84. The second-order valence-corrected chi connectivity index (χ2v) is 4.45. The summed E-state index contributed by atoms with van der Waals surface area (Å²) in [6, 6.07) is 0. The molecule has 0 aliphatic heterocycles. The van der Waals surface area contributed by atoms with Gasteiger partial charge in [-0.2, -0.15) is 0 Å². The van der Waals surface area contributed by atoms with Gasteiger partial charge in [0.2, 0.25) is 0 Å². The lowest BCUT2D eigenvalue weighted by Crippen LogP contribution is -2.36. The molecule has 0 spiro atoms. The molecule has 2 rings (SSSR count). The summed E-state index contributed by atoms with van der Waals surface area (Å²) in [7, 11) is 0. The first kappa shape index (κ1) is 8.67. The van der Waals surface area contributed by atoms with Crippen molar-refractivity contribution >= 4 is 11.6 Å². The highest BCUT2D eigenvalue weighted by Crippen LogP contribution is 2.44. The molecule has 2 aliphatic carbocycles. The van der Waals surface area contributed by atoms with Gasteiger partial charge in [-0.3, -0.25) is 9.59 Å². The largest absolute Gasteiger partial charge is 0.300 e. The molecule has 1 saturated carbocycles. The normalized spacial score (nSPS) is 39.0. The Morgan fingerprint density at radius 1 is 1.38 bits per heavy atom. The summed E-state index contributed by atoms with van der Waals surface area (Å²) in [5.74, 6) is 0.772. The Hall–Kier alpha value is -0.920.